The number of aliphatic hydroxyl groups is 4. The molecule has 0 fully saturated rings. The van der Waals surface area contributed by atoms with Crippen molar-refractivity contribution in [1.29, 1.82) is 0 Å². The zero-order chi connectivity index (χ0) is 17.0. The predicted molar refractivity (Wildman–Crippen MR) is 98.2 cm³/mol. The van der Waals surface area contributed by atoms with Crippen molar-refractivity contribution in [1.82, 2.24) is 0 Å². The zero-order valence-corrected chi connectivity index (χ0v) is 15.3. The molecule has 0 saturated heterocycles. The lowest BCUT2D eigenvalue weighted by atomic mass is 10.1. The maximum atomic E-state index is 8.17. The summed E-state index contributed by atoms with van der Waals surface area (Å²) in [5.74, 6) is 1.87. The summed E-state index contributed by atoms with van der Waals surface area (Å²) in [4.78, 5) is 0. The third-order valence-electron chi connectivity index (χ3n) is 3.21. The largest absolute Gasteiger partial charge is 0.412 e. The summed E-state index contributed by atoms with van der Waals surface area (Å²) in [7, 11) is 1.00. The average molecular weight is 331 g/mol. The van der Waals surface area contributed by atoms with Crippen LogP contribution in [0.5, 0.6) is 0 Å². The average Bonchev–Trinajstić information content (AvgIpc) is 2.55. The number of hydrogen-bond acceptors (Lipinski definition) is 4. The van der Waals surface area contributed by atoms with Crippen LogP contribution < -0.4 is 0 Å². The Morgan fingerprint density at radius 1 is 0.682 bits per heavy atom. The summed E-state index contributed by atoms with van der Waals surface area (Å²) in [6.45, 7) is 12.7. The van der Waals surface area contributed by atoms with Crippen LogP contribution in [0.25, 0.3) is 0 Å². The monoisotopic (exact) mass is 330 g/mol. The van der Waals surface area contributed by atoms with Crippen molar-refractivity contribution >= 4 is 0 Å². The molecule has 0 saturated carbocycles. The fourth-order valence-electron chi connectivity index (χ4n) is 0.635. The second-order valence-electron chi connectivity index (χ2n) is 4.86. The fraction of sp³-hybridized carbons (Fsp3) is 1.00. The van der Waals surface area contributed by atoms with Crippen LogP contribution >= 0.6 is 0 Å². The number of aliphatic hydroxyl groups excluding tert-OH is 4. The van der Waals surface area contributed by atoms with Gasteiger partial charge < -0.3 is 25.9 Å². The lowest BCUT2D eigenvalue weighted by Crippen LogP contribution is -2.15. The molecule has 0 aromatic heterocycles. The molecule has 6 N–H and O–H groups in total. The highest BCUT2D eigenvalue weighted by atomic mass is 16.3. The van der Waals surface area contributed by atoms with E-state index >= 15 is 0 Å². The van der Waals surface area contributed by atoms with E-state index in [2.05, 4.69) is 41.5 Å². The molecule has 5 heteroatoms. The molecule has 0 aromatic rings. The maximum Gasteiger partial charge on any atom is 0.100 e. The van der Waals surface area contributed by atoms with Gasteiger partial charge in [-0.1, -0.05) is 74.7 Å². The first-order chi connectivity index (χ1) is 9.42. The second-order valence-corrected chi connectivity index (χ2v) is 4.86. The molecule has 0 aliphatic heterocycles. The Morgan fingerprint density at radius 2 is 0.864 bits per heavy atom. The van der Waals surface area contributed by atoms with Crippen LogP contribution in [0.15, 0.2) is 0 Å². The van der Waals surface area contributed by atoms with Gasteiger partial charge >= 0.3 is 0 Å². The molecule has 0 spiro atoms. The van der Waals surface area contributed by atoms with Crippen molar-refractivity contribution in [2.24, 2.45) is 11.8 Å². The van der Waals surface area contributed by atoms with Gasteiger partial charge in [-0.3, -0.25) is 0 Å². The van der Waals surface area contributed by atoms with E-state index in [-0.39, 0.29) is 26.1 Å². The molecule has 0 heterocycles. The normalized spacial score (nSPS) is 8.45. The minimum Gasteiger partial charge on any atom is -0.412 e. The van der Waals surface area contributed by atoms with E-state index in [0.29, 0.717) is 0 Å². The Labute approximate surface area is 139 Å². The summed E-state index contributed by atoms with van der Waals surface area (Å²) < 4.78 is 0. The third-order valence-corrected chi connectivity index (χ3v) is 3.21. The summed E-state index contributed by atoms with van der Waals surface area (Å²) in [6, 6.07) is 0. The summed E-state index contributed by atoms with van der Waals surface area (Å²) >= 11 is 0. The second kappa shape index (κ2) is 37.2. The van der Waals surface area contributed by atoms with Crippen molar-refractivity contribution in [3.63, 3.8) is 0 Å². The van der Waals surface area contributed by atoms with Crippen molar-refractivity contribution in [2.75, 3.05) is 20.3 Å². The van der Waals surface area contributed by atoms with E-state index in [1.165, 1.54) is 25.7 Å². The molecular formula is C17H46O5. The summed E-state index contributed by atoms with van der Waals surface area (Å²) in [5.41, 5.74) is 0. The van der Waals surface area contributed by atoms with Crippen molar-refractivity contribution in [2.45, 2.75) is 80.8 Å². The van der Waals surface area contributed by atoms with Gasteiger partial charge in [-0.2, -0.15) is 0 Å². The highest BCUT2D eigenvalue weighted by Gasteiger charge is 1.93. The van der Waals surface area contributed by atoms with Gasteiger partial charge in [0.2, 0.25) is 0 Å². The van der Waals surface area contributed by atoms with E-state index in [1.54, 1.807) is 0 Å². The van der Waals surface area contributed by atoms with Gasteiger partial charge in [0.05, 0.1) is 13.2 Å². The van der Waals surface area contributed by atoms with E-state index in [9.17, 15) is 0 Å². The highest BCUT2D eigenvalue weighted by Crippen LogP contribution is 2.03. The molecule has 0 aliphatic carbocycles. The molecule has 0 aromatic carbocycles. The van der Waals surface area contributed by atoms with E-state index in [1.807, 2.05) is 0 Å². The molecule has 0 unspecified atom stereocenters. The Hall–Kier alpha value is -0.200. The van der Waals surface area contributed by atoms with E-state index in [4.69, 9.17) is 20.4 Å². The van der Waals surface area contributed by atoms with Crippen LogP contribution in [0.1, 0.15) is 74.7 Å². The van der Waals surface area contributed by atoms with E-state index in [0.717, 1.165) is 18.9 Å². The van der Waals surface area contributed by atoms with Crippen molar-refractivity contribution < 1.29 is 25.9 Å². The molecular weight excluding hydrogens is 284 g/mol. The quantitative estimate of drug-likeness (QED) is 0.599. The fourth-order valence-corrected chi connectivity index (χ4v) is 0.635. The van der Waals surface area contributed by atoms with Crippen molar-refractivity contribution in [3.8, 4) is 0 Å². The highest BCUT2D eigenvalue weighted by molar-refractivity contribution is 4.44. The molecule has 0 bridgehead atoms. The van der Waals surface area contributed by atoms with Gasteiger partial charge in [0.25, 0.3) is 0 Å². The van der Waals surface area contributed by atoms with Crippen LogP contribution in [0.4, 0.5) is 0 Å². The summed E-state index contributed by atoms with van der Waals surface area (Å²) in [6.07, 6.45) is 4.37. The number of hydrogen-bond donors (Lipinski definition) is 4. The van der Waals surface area contributed by atoms with Gasteiger partial charge in [-0.15, -0.1) is 0 Å². The Balaban J connectivity index is -0.0000000395. The van der Waals surface area contributed by atoms with Gasteiger partial charge in [0.15, 0.2) is 0 Å². The predicted octanol–water partition coefficient (Wildman–Crippen LogP) is 2.64. The van der Waals surface area contributed by atoms with Crippen molar-refractivity contribution in [3.05, 3.63) is 0 Å². The molecule has 0 amide bonds. The van der Waals surface area contributed by atoms with Crippen LogP contribution in [0.3, 0.4) is 0 Å². The summed E-state index contributed by atoms with van der Waals surface area (Å²) in [5, 5.41) is 31.0. The Bertz CT molecular complexity index is 98.4. The lowest BCUT2D eigenvalue weighted by molar-refractivity contribution is 0.0450. The Morgan fingerprint density at radius 3 is 0.864 bits per heavy atom. The van der Waals surface area contributed by atoms with Gasteiger partial charge in [0, 0.05) is 7.11 Å². The van der Waals surface area contributed by atoms with E-state index < -0.39 is 6.10 Å². The Kier molecular flexibility index (Phi) is 63.9. The molecule has 22 heavy (non-hydrogen) atoms. The van der Waals surface area contributed by atoms with Crippen LogP contribution in [0.2, 0.25) is 0 Å². The minimum atomic E-state index is -0.954. The van der Waals surface area contributed by atoms with Gasteiger partial charge in [-0.05, 0) is 11.8 Å². The zero-order valence-electron chi connectivity index (χ0n) is 15.3. The third kappa shape index (κ3) is 50.3. The first-order valence-electron chi connectivity index (χ1n) is 7.77. The molecule has 0 radical (unpaired) electrons. The minimum absolute atomic E-state index is 0. The van der Waals surface area contributed by atoms with Gasteiger partial charge in [0.1, 0.15) is 6.10 Å². The molecule has 144 valence electrons. The van der Waals surface area contributed by atoms with Crippen LogP contribution in [-0.2, 0) is 0 Å². The van der Waals surface area contributed by atoms with Gasteiger partial charge in [-0.25, -0.2) is 0 Å². The molecule has 5 nitrogen and oxygen atoms in total. The molecule has 0 atom stereocenters. The first-order valence-corrected chi connectivity index (χ1v) is 7.77. The standard InChI is InChI=1S/2C6H14.C3H8O3.CH4O.CH4.H2O/c2*1-4-6(3)5-2;4-1-3(6)2-5;1-2;;/h2*6H,4-5H2,1-3H3;3-6H,1-2H2;2H,1H3;1H4;1H2. The smallest absolute Gasteiger partial charge is 0.100 e. The maximum absolute atomic E-state index is 8.17. The molecule has 0 aliphatic rings. The van der Waals surface area contributed by atoms with Crippen LogP contribution in [0, 0.1) is 11.8 Å². The lowest BCUT2D eigenvalue weighted by Gasteiger charge is -1.98. The topological polar surface area (TPSA) is 112 Å². The molecule has 0 rings (SSSR count). The first kappa shape index (κ1) is 37.8. The van der Waals surface area contributed by atoms with Crippen LogP contribution in [-0.4, -0.2) is 52.3 Å². The SMILES string of the molecule is C.CCC(C)CC.CCC(C)CC.CO.O.OCC(O)CO. The number of rotatable bonds is 6.